The van der Waals surface area contributed by atoms with E-state index in [1.165, 1.54) is 42.4 Å². The minimum Gasteiger partial charge on any atom is -0.299 e. The van der Waals surface area contributed by atoms with Crippen molar-refractivity contribution in [3.05, 3.63) is 65.3 Å². The Kier molecular flexibility index (Phi) is 11.0. The van der Waals surface area contributed by atoms with E-state index in [9.17, 15) is 13.6 Å². The summed E-state index contributed by atoms with van der Waals surface area (Å²) in [6.45, 7) is 7.61. The molecular formula is C31H43F2OPS. The number of Topliss-reactive ketones (excluding diaryl/α,β-unsaturated/α-hetero) is 1. The Morgan fingerprint density at radius 3 is 2.47 bits per heavy atom. The quantitative estimate of drug-likeness (QED) is 0.233. The van der Waals surface area contributed by atoms with Gasteiger partial charge in [-0.25, -0.2) is 0 Å². The molecule has 3 aliphatic rings. The van der Waals surface area contributed by atoms with Gasteiger partial charge in [-0.05, 0) is 93.2 Å². The molecule has 1 nitrogen and oxygen atoms in total. The predicted octanol–water partition coefficient (Wildman–Crippen LogP) is 9.73. The number of rotatable bonds is 9. The van der Waals surface area contributed by atoms with Crippen LogP contribution in [0.1, 0.15) is 90.0 Å². The Morgan fingerprint density at radius 2 is 1.86 bits per heavy atom. The lowest BCUT2D eigenvalue weighted by Crippen LogP contribution is -2.30. The van der Waals surface area contributed by atoms with Gasteiger partial charge in [-0.1, -0.05) is 71.9 Å². The molecule has 1 heterocycles. The van der Waals surface area contributed by atoms with Crippen molar-refractivity contribution >= 4 is 26.8 Å². The fourth-order valence-corrected chi connectivity index (χ4v) is 7.52. The van der Waals surface area contributed by atoms with Crippen molar-refractivity contribution in [3.8, 4) is 0 Å². The molecule has 0 spiro atoms. The van der Waals surface area contributed by atoms with Gasteiger partial charge < -0.3 is 0 Å². The molecule has 5 heteroatoms. The lowest BCUT2D eigenvalue weighted by Gasteiger charge is -2.28. The van der Waals surface area contributed by atoms with E-state index in [1.54, 1.807) is 20.9 Å². The normalized spacial score (nSPS) is 24.2. The zero-order chi connectivity index (χ0) is 26.2. The number of thioether (sulfide) groups is 1. The van der Waals surface area contributed by atoms with E-state index in [2.05, 4.69) is 37.8 Å². The van der Waals surface area contributed by atoms with E-state index in [0.29, 0.717) is 24.5 Å². The Hall–Kier alpha value is -1.25. The third-order valence-electron chi connectivity index (χ3n) is 8.24. The number of ketones is 1. The summed E-state index contributed by atoms with van der Waals surface area (Å²) in [7, 11) is 1.58. The SMILES string of the molecule is C=C/C(=C\C(CCC(=O)C12CCCC1CCC2)=C(/C)CCC)C(F)(F)P.c1ccc2c(c1)CCCS2. The van der Waals surface area contributed by atoms with Gasteiger partial charge in [0.2, 0.25) is 0 Å². The van der Waals surface area contributed by atoms with Gasteiger partial charge in [-0.15, -0.1) is 11.8 Å². The zero-order valence-corrected chi connectivity index (χ0v) is 24.1. The Balaban J connectivity index is 0.000000297. The molecule has 198 valence electrons. The number of hydrogen-bond donors (Lipinski definition) is 0. The second-order valence-corrected chi connectivity index (χ2v) is 12.5. The first kappa shape index (κ1) is 29.3. The molecule has 1 unspecified atom stereocenters. The zero-order valence-electron chi connectivity index (χ0n) is 22.1. The molecule has 0 saturated heterocycles. The number of allylic oxidation sites excluding steroid dienone is 5. The van der Waals surface area contributed by atoms with Crippen molar-refractivity contribution in [2.24, 2.45) is 11.3 Å². The van der Waals surface area contributed by atoms with Gasteiger partial charge in [0.05, 0.1) is 0 Å². The van der Waals surface area contributed by atoms with Crippen LogP contribution in [0.2, 0.25) is 0 Å². The fourth-order valence-electron chi connectivity index (χ4n) is 6.28. The number of carbonyl (C=O) groups excluding carboxylic acids is 1. The summed E-state index contributed by atoms with van der Waals surface area (Å²) in [5.41, 5.74) is 0.322. The van der Waals surface area contributed by atoms with E-state index in [-0.39, 0.29) is 11.0 Å². The third kappa shape index (κ3) is 7.41. The van der Waals surface area contributed by atoms with Crippen molar-refractivity contribution in [3.63, 3.8) is 0 Å². The number of hydrogen-bond acceptors (Lipinski definition) is 2. The van der Waals surface area contributed by atoms with Crippen LogP contribution >= 0.6 is 21.0 Å². The van der Waals surface area contributed by atoms with E-state index in [1.807, 2.05) is 18.7 Å². The number of halogens is 2. The van der Waals surface area contributed by atoms with E-state index in [4.69, 9.17) is 0 Å². The van der Waals surface area contributed by atoms with Crippen LogP contribution in [0.15, 0.2) is 64.6 Å². The maximum absolute atomic E-state index is 13.8. The van der Waals surface area contributed by atoms with E-state index < -0.39 is 5.66 Å². The van der Waals surface area contributed by atoms with Crippen LogP contribution < -0.4 is 0 Å². The van der Waals surface area contributed by atoms with Gasteiger partial charge in [0, 0.05) is 22.3 Å². The van der Waals surface area contributed by atoms with Crippen LogP contribution in [-0.4, -0.2) is 17.2 Å². The van der Waals surface area contributed by atoms with Gasteiger partial charge in [0.1, 0.15) is 5.78 Å². The molecule has 0 N–H and O–H groups in total. The highest BCUT2D eigenvalue weighted by Gasteiger charge is 2.50. The van der Waals surface area contributed by atoms with Crippen LogP contribution in [0.3, 0.4) is 0 Å². The Labute approximate surface area is 223 Å². The molecule has 1 atom stereocenters. The van der Waals surface area contributed by atoms with Crippen molar-refractivity contribution in [1.82, 2.24) is 0 Å². The van der Waals surface area contributed by atoms with Crippen LogP contribution in [0, 0.1) is 11.3 Å². The molecule has 0 bridgehead atoms. The van der Waals surface area contributed by atoms with Crippen molar-refractivity contribution in [2.75, 3.05) is 5.75 Å². The maximum Gasteiger partial charge on any atom is 0.283 e. The lowest BCUT2D eigenvalue weighted by atomic mass is 9.74. The molecule has 36 heavy (non-hydrogen) atoms. The smallest absolute Gasteiger partial charge is 0.283 e. The molecule has 0 aromatic heterocycles. The Bertz CT molecular complexity index is 940. The lowest BCUT2D eigenvalue weighted by molar-refractivity contribution is -0.129. The number of carbonyl (C=O) groups is 1. The molecule has 1 aromatic rings. The van der Waals surface area contributed by atoms with Crippen LogP contribution in [0.4, 0.5) is 8.78 Å². The van der Waals surface area contributed by atoms with Crippen LogP contribution in [-0.2, 0) is 11.2 Å². The Morgan fingerprint density at radius 1 is 1.17 bits per heavy atom. The minimum absolute atomic E-state index is 0.0979. The van der Waals surface area contributed by atoms with E-state index >= 15 is 0 Å². The standard InChI is InChI=1S/C22H33F2OP.C9H10S/c1-4-8-16(3)17(15-18(5-2)22(23,24)26)11-12-20(25)21-13-6-9-19(21)10-7-14-21;1-2-6-9-8(4-1)5-3-7-10-9/h5,15,19H,2,4,6-14,26H2,1,3H3;1-2,4,6H,3,5,7H2/b17-16+,18-15+;. The second kappa shape index (κ2) is 13.5. The number of aryl methyl sites for hydroxylation is 1. The molecule has 4 rings (SSSR count). The van der Waals surface area contributed by atoms with Crippen molar-refractivity contribution in [2.45, 2.75) is 101 Å². The summed E-state index contributed by atoms with van der Waals surface area (Å²) in [6, 6.07) is 8.71. The largest absolute Gasteiger partial charge is 0.299 e. The summed E-state index contributed by atoms with van der Waals surface area (Å²) in [6.07, 6.45) is 15.0. The molecule has 2 aliphatic carbocycles. The van der Waals surface area contributed by atoms with Crippen molar-refractivity contribution in [1.29, 1.82) is 0 Å². The van der Waals surface area contributed by atoms with Gasteiger partial charge in [-0.3, -0.25) is 4.79 Å². The topological polar surface area (TPSA) is 17.1 Å². The number of fused-ring (bicyclic) bond motifs is 2. The molecular weight excluding hydrogens is 489 g/mol. The molecule has 0 radical (unpaired) electrons. The maximum atomic E-state index is 13.8. The average Bonchev–Trinajstić information content (AvgIpc) is 3.45. The summed E-state index contributed by atoms with van der Waals surface area (Å²) in [5.74, 6) is 2.23. The molecule has 2 fully saturated rings. The third-order valence-corrected chi connectivity index (χ3v) is 9.77. The first-order chi connectivity index (χ1) is 17.2. The predicted molar refractivity (Wildman–Crippen MR) is 154 cm³/mol. The highest BCUT2D eigenvalue weighted by atomic mass is 32.2. The monoisotopic (exact) mass is 532 g/mol. The molecule has 1 aromatic carbocycles. The summed E-state index contributed by atoms with van der Waals surface area (Å²) >= 11 is 1.99. The summed E-state index contributed by atoms with van der Waals surface area (Å²) in [4.78, 5) is 14.6. The van der Waals surface area contributed by atoms with Crippen LogP contribution in [0.25, 0.3) is 0 Å². The first-order valence-electron chi connectivity index (χ1n) is 13.6. The van der Waals surface area contributed by atoms with Crippen molar-refractivity contribution < 1.29 is 13.6 Å². The summed E-state index contributed by atoms with van der Waals surface area (Å²) < 4.78 is 27.5. The first-order valence-corrected chi connectivity index (χ1v) is 15.2. The highest BCUT2D eigenvalue weighted by Crippen LogP contribution is 2.55. The summed E-state index contributed by atoms with van der Waals surface area (Å²) in [5, 5.41) is 0. The van der Waals surface area contributed by atoms with E-state index in [0.717, 1.165) is 49.7 Å². The molecule has 2 saturated carbocycles. The second-order valence-electron chi connectivity index (χ2n) is 10.6. The minimum atomic E-state index is -3.00. The molecule has 0 amide bonds. The highest BCUT2D eigenvalue weighted by molar-refractivity contribution is 7.99. The fraction of sp³-hybridized carbons (Fsp3) is 0.581. The number of alkyl halides is 2. The average molecular weight is 533 g/mol. The van der Waals surface area contributed by atoms with Gasteiger partial charge in [0.15, 0.2) is 0 Å². The number of benzene rings is 1. The molecule has 1 aliphatic heterocycles. The van der Waals surface area contributed by atoms with Crippen LogP contribution in [0.5, 0.6) is 0 Å². The van der Waals surface area contributed by atoms with Gasteiger partial charge in [-0.2, -0.15) is 8.78 Å². The van der Waals surface area contributed by atoms with Gasteiger partial charge in [0.25, 0.3) is 5.66 Å². The van der Waals surface area contributed by atoms with Gasteiger partial charge >= 0.3 is 0 Å².